The quantitative estimate of drug-likeness (QED) is 0.876. The summed E-state index contributed by atoms with van der Waals surface area (Å²) in [6, 6.07) is 0. The van der Waals surface area contributed by atoms with Crippen LogP contribution >= 0.6 is 15.9 Å². The van der Waals surface area contributed by atoms with Gasteiger partial charge in [0.2, 0.25) is 0 Å². The van der Waals surface area contributed by atoms with E-state index in [9.17, 15) is 0 Å². The van der Waals surface area contributed by atoms with Gasteiger partial charge in [-0.3, -0.25) is 0 Å². The third kappa shape index (κ3) is 3.31. The molecular formula is C15H24BrN3O. The first-order valence-electron chi connectivity index (χ1n) is 7.25. The van der Waals surface area contributed by atoms with E-state index in [0.29, 0.717) is 12.5 Å². The van der Waals surface area contributed by atoms with Crippen molar-refractivity contribution in [3.8, 4) is 0 Å². The lowest BCUT2D eigenvalue weighted by molar-refractivity contribution is 0.0398. The molecule has 0 amide bonds. The van der Waals surface area contributed by atoms with Crippen LogP contribution in [0.4, 0.5) is 5.82 Å². The summed E-state index contributed by atoms with van der Waals surface area (Å²) in [6.07, 6.45) is 2.45. The van der Waals surface area contributed by atoms with E-state index in [1.165, 1.54) is 12.8 Å². The number of nitrogens with one attached hydrogen (secondary N) is 1. The number of rotatable bonds is 5. The smallest absolute Gasteiger partial charge is 0.160 e. The van der Waals surface area contributed by atoms with Gasteiger partial charge in [-0.1, -0.05) is 20.8 Å². The third-order valence-corrected chi connectivity index (χ3v) is 4.22. The zero-order chi connectivity index (χ0) is 14.9. The summed E-state index contributed by atoms with van der Waals surface area (Å²) in [6.45, 7) is 9.21. The van der Waals surface area contributed by atoms with Crippen molar-refractivity contribution in [2.45, 2.75) is 52.1 Å². The van der Waals surface area contributed by atoms with Gasteiger partial charge < -0.3 is 10.1 Å². The van der Waals surface area contributed by atoms with Gasteiger partial charge in [0.25, 0.3) is 0 Å². The first kappa shape index (κ1) is 15.7. The molecule has 1 aromatic rings. The van der Waals surface area contributed by atoms with Crippen LogP contribution < -0.4 is 5.32 Å². The molecule has 1 aliphatic carbocycles. The first-order chi connectivity index (χ1) is 9.38. The topological polar surface area (TPSA) is 47.0 Å². The van der Waals surface area contributed by atoms with Gasteiger partial charge in [0, 0.05) is 19.1 Å². The fourth-order valence-electron chi connectivity index (χ4n) is 2.25. The number of nitrogens with zero attached hydrogens (tertiary/aromatic N) is 2. The highest BCUT2D eigenvalue weighted by Crippen LogP contribution is 2.43. The van der Waals surface area contributed by atoms with Crippen molar-refractivity contribution in [2.24, 2.45) is 5.92 Å². The number of halogens is 1. The number of hydrogen-bond donors (Lipinski definition) is 1. The van der Waals surface area contributed by atoms with Crippen molar-refractivity contribution in [1.29, 1.82) is 0 Å². The minimum absolute atomic E-state index is 0.0290. The van der Waals surface area contributed by atoms with Crippen LogP contribution in [0.2, 0.25) is 0 Å². The van der Waals surface area contributed by atoms with Crippen LogP contribution in [0.3, 0.4) is 0 Å². The highest BCUT2D eigenvalue weighted by atomic mass is 79.9. The van der Waals surface area contributed by atoms with Gasteiger partial charge in [-0.2, -0.15) is 0 Å². The van der Waals surface area contributed by atoms with Crippen molar-refractivity contribution in [1.82, 2.24) is 9.97 Å². The Kier molecular flexibility index (Phi) is 4.69. The maximum absolute atomic E-state index is 5.89. The summed E-state index contributed by atoms with van der Waals surface area (Å²) in [7, 11) is 1.89. The van der Waals surface area contributed by atoms with Crippen molar-refractivity contribution >= 4 is 21.7 Å². The summed E-state index contributed by atoms with van der Waals surface area (Å²) in [5, 5.41) is 3.15. The molecule has 4 nitrogen and oxygen atoms in total. The molecule has 1 saturated carbocycles. The minimum Gasteiger partial charge on any atom is -0.372 e. The monoisotopic (exact) mass is 341 g/mol. The Hall–Kier alpha value is -0.680. The summed E-state index contributed by atoms with van der Waals surface area (Å²) < 4.78 is 6.84. The molecule has 0 aromatic carbocycles. The van der Waals surface area contributed by atoms with Crippen LogP contribution in [0.5, 0.6) is 0 Å². The Balaban J connectivity index is 2.47. The molecule has 112 valence electrons. The number of ether oxygens (including phenoxy) is 1. The van der Waals surface area contributed by atoms with E-state index in [-0.39, 0.29) is 11.5 Å². The molecule has 0 spiro atoms. The van der Waals surface area contributed by atoms with Crippen LogP contribution in [0.25, 0.3) is 0 Å². The maximum Gasteiger partial charge on any atom is 0.160 e. The molecule has 1 aliphatic rings. The molecule has 1 N–H and O–H groups in total. The van der Waals surface area contributed by atoms with E-state index in [0.717, 1.165) is 21.8 Å². The molecule has 0 radical (unpaired) electrons. The van der Waals surface area contributed by atoms with E-state index in [1.807, 2.05) is 14.0 Å². The van der Waals surface area contributed by atoms with Crippen LogP contribution in [0, 0.1) is 5.92 Å². The Morgan fingerprint density at radius 3 is 2.45 bits per heavy atom. The molecule has 0 bridgehead atoms. The second-order valence-electron chi connectivity index (χ2n) is 6.31. The molecule has 0 aliphatic heterocycles. The van der Waals surface area contributed by atoms with Gasteiger partial charge in [-0.25, -0.2) is 9.97 Å². The number of aromatic nitrogens is 2. The van der Waals surface area contributed by atoms with Gasteiger partial charge in [-0.05, 0) is 41.6 Å². The Morgan fingerprint density at radius 1 is 1.35 bits per heavy atom. The molecule has 20 heavy (non-hydrogen) atoms. The summed E-state index contributed by atoms with van der Waals surface area (Å²) in [4.78, 5) is 9.46. The van der Waals surface area contributed by atoms with Gasteiger partial charge in [-0.15, -0.1) is 0 Å². The van der Waals surface area contributed by atoms with Gasteiger partial charge in [0.05, 0.1) is 10.2 Å². The predicted molar refractivity (Wildman–Crippen MR) is 85.1 cm³/mol. The summed E-state index contributed by atoms with van der Waals surface area (Å²) >= 11 is 3.62. The lowest BCUT2D eigenvalue weighted by Gasteiger charge is -2.24. The van der Waals surface area contributed by atoms with E-state index in [4.69, 9.17) is 9.72 Å². The zero-order valence-corrected chi connectivity index (χ0v) is 14.5. The second kappa shape index (κ2) is 5.98. The predicted octanol–water partition coefficient (Wildman–Crippen LogP) is 4.07. The highest BCUT2D eigenvalue weighted by Gasteiger charge is 2.36. The Labute approximate surface area is 129 Å². The number of anilines is 1. The second-order valence-corrected chi connectivity index (χ2v) is 7.10. The van der Waals surface area contributed by atoms with Gasteiger partial charge in [0.1, 0.15) is 11.9 Å². The molecule has 1 atom stereocenters. The summed E-state index contributed by atoms with van der Waals surface area (Å²) in [5.74, 6) is 2.23. The van der Waals surface area contributed by atoms with Crippen LogP contribution in [-0.4, -0.2) is 23.6 Å². The van der Waals surface area contributed by atoms with Crippen LogP contribution in [0.15, 0.2) is 4.47 Å². The highest BCUT2D eigenvalue weighted by molar-refractivity contribution is 9.10. The van der Waals surface area contributed by atoms with Gasteiger partial charge in [0.15, 0.2) is 5.82 Å². The van der Waals surface area contributed by atoms with E-state index < -0.39 is 0 Å². The molecule has 1 heterocycles. The molecule has 1 fully saturated rings. The van der Waals surface area contributed by atoms with Crippen molar-refractivity contribution < 1.29 is 4.74 Å². The first-order valence-corrected chi connectivity index (χ1v) is 8.05. The third-order valence-electron chi connectivity index (χ3n) is 3.47. The zero-order valence-electron chi connectivity index (χ0n) is 13.0. The molecule has 5 heteroatoms. The van der Waals surface area contributed by atoms with Crippen LogP contribution in [0.1, 0.15) is 58.2 Å². The molecule has 1 aromatic heterocycles. The maximum atomic E-state index is 5.89. The lowest BCUT2D eigenvalue weighted by atomic mass is 9.91. The fraction of sp³-hybridized carbons (Fsp3) is 0.733. The van der Waals surface area contributed by atoms with E-state index in [2.05, 4.69) is 47.0 Å². The normalized spacial score (nSPS) is 17.1. The lowest BCUT2D eigenvalue weighted by Crippen LogP contribution is -2.20. The minimum atomic E-state index is -0.0392. The SMILES string of the molecule is CCOC(c1nc(NC)c(Br)c(C(C)(C)C)n1)C1CC1. The van der Waals surface area contributed by atoms with Gasteiger partial charge >= 0.3 is 0 Å². The molecule has 2 rings (SSSR count). The van der Waals surface area contributed by atoms with Crippen LogP contribution in [-0.2, 0) is 10.2 Å². The van der Waals surface area contributed by atoms with E-state index in [1.54, 1.807) is 0 Å². The standard InChI is InChI=1S/C15H24BrN3O/c1-6-20-11(9-7-8-9)14-18-12(15(2,3)4)10(16)13(17-5)19-14/h9,11H,6-8H2,1-5H3,(H,17,18,19). The van der Waals surface area contributed by atoms with Crippen molar-refractivity contribution in [3.63, 3.8) is 0 Å². The van der Waals surface area contributed by atoms with Crippen molar-refractivity contribution in [3.05, 3.63) is 16.0 Å². The molecule has 0 saturated heterocycles. The molecular weight excluding hydrogens is 318 g/mol. The largest absolute Gasteiger partial charge is 0.372 e. The molecule has 1 unspecified atom stereocenters. The van der Waals surface area contributed by atoms with E-state index >= 15 is 0 Å². The average Bonchev–Trinajstić information content (AvgIpc) is 3.19. The van der Waals surface area contributed by atoms with Crippen molar-refractivity contribution in [2.75, 3.05) is 19.0 Å². The Bertz CT molecular complexity index is 481. The average molecular weight is 342 g/mol. The fourth-order valence-corrected chi connectivity index (χ4v) is 3.22. The Morgan fingerprint density at radius 2 is 2.00 bits per heavy atom. The number of hydrogen-bond acceptors (Lipinski definition) is 4. The summed E-state index contributed by atoms with van der Waals surface area (Å²) in [5.41, 5.74) is 0.986.